The van der Waals surface area contributed by atoms with Crippen molar-refractivity contribution in [2.75, 3.05) is 19.5 Å². The average Bonchev–Trinajstić information content (AvgIpc) is 2.64. The maximum Gasteiger partial charge on any atom is 0.349 e. The first-order chi connectivity index (χ1) is 14.1. The average molecular weight is 414 g/mol. The number of benzene rings is 1. The van der Waals surface area contributed by atoms with Crippen LogP contribution in [0.1, 0.15) is 46.1 Å². The van der Waals surface area contributed by atoms with E-state index < -0.39 is 0 Å². The van der Waals surface area contributed by atoms with Crippen LogP contribution in [0.2, 0.25) is 0 Å². The number of aromatic nitrogens is 2. The molecule has 1 aromatic heterocycles. The number of ether oxygens (including phenoxy) is 2. The Labute approximate surface area is 177 Å². The van der Waals surface area contributed by atoms with Crippen LogP contribution in [0.25, 0.3) is 11.3 Å². The molecule has 4 rings (SSSR count). The molecule has 0 saturated carbocycles. The lowest BCUT2D eigenvalue weighted by molar-refractivity contribution is -0.787. The van der Waals surface area contributed by atoms with Crippen molar-refractivity contribution in [3.05, 3.63) is 34.2 Å². The third kappa shape index (κ3) is 3.90. The van der Waals surface area contributed by atoms with Gasteiger partial charge in [-0.25, -0.2) is 4.79 Å². The Kier molecular flexibility index (Phi) is 5.04. The third-order valence-corrected chi connectivity index (χ3v) is 6.18. The summed E-state index contributed by atoms with van der Waals surface area (Å²) in [6.07, 6.45) is 2.79. The van der Waals surface area contributed by atoms with Gasteiger partial charge in [0.05, 0.1) is 31.0 Å². The molecule has 0 radical (unpaired) electrons. The molecule has 3 heterocycles. The summed E-state index contributed by atoms with van der Waals surface area (Å²) >= 11 is 0. The number of piperidine rings is 1. The standard InChI is InChI=1S/C23H32N4O3/c1-22(2)12-15(13-23(3,4)26-22)24-20-11-17-16-10-19(30-6)18(29-5)9-14(16)7-8-27(17)21(28)25-20/h9-11,15,26H,7-8,12-13H2,1-6H3,(H,24,25,28)/p+1. The summed E-state index contributed by atoms with van der Waals surface area (Å²) in [6, 6.07) is 6.24. The summed E-state index contributed by atoms with van der Waals surface area (Å²) in [4.78, 5) is 17.2. The fraction of sp³-hybridized carbons (Fsp3) is 0.565. The number of hydrogen-bond acceptors (Lipinski definition) is 5. The van der Waals surface area contributed by atoms with Crippen molar-refractivity contribution in [2.45, 2.75) is 70.6 Å². The molecule has 1 fully saturated rings. The van der Waals surface area contributed by atoms with Crippen molar-refractivity contribution in [3.8, 4) is 22.8 Å². The molecule has 1 saturated heterocycles. The highest BCUT2D eigenvalue weighted by Crippen LogP contribution is 2.38. The molecule has 0 atom stereocenters. The van der Waals surface area contributed by atoms with E-state index in [1.807, 2.05) is 18.2 Å². The molecule has 30 heavy (non-hydrogen) atoms. The van der Waals surface area contributed by atoms with E-state index in [0.717, 1.165) is 36.1 Å². The molecular formula is C23H33N4O3+. The third-order valence-electron chi connectivity index (χ3n) is 6.18. The number of nitrogens with one attached hydrogen (secondary N) is 1. The molecule has 2 aliphatic heterocycles. The van der Waals surface area contributed by atoms with Gasteiger partial charge < -0.3 is 20.1 Å². The molecule has 1 aromatic carbocycles. The Morgan fingerprint density at radius 3 is 2.33 bits per heavy atom. The summed E-state index contributed by atoms with van der Waals surface area (Å²) in [5, 5.41) is 6.01. The number of anilines is 1. The lowest BCUT2D eigenvalue weighted by Gasteiger charge is -2.43. The molecule has 0 bridgehead atoms. The van der Waals surface area contributed by atoms with Crippen LogP contribution >= 0.6 is 0 Å². The van der Waals surface area contributed by atoms with Crippen LogP contribution in [0.15, 0.2) is 23.0 Å². The minimum Gasteiger partial charge on any atom is -0.493 e. The monoisotopic (exact) mass is 413 g/mol. The van der Waals surface area contributed by atoms with E-state index in [1.54, 1.807) is 18.8 Å². The SMILES string of the molecule is COc1cc2c(cc1OC)-c1cc(NC3CC(C)(C)[NH2+]C(C)(C)C3)nc(=O)n1CC2. The van der Waals surface area contributed by atoms with E-state index in [1.165, 1.54) is 0 Å². The summed E-state index contributed by atoms with van der Waals surface area (Å²) in [5.41, 5.74) is 3.09. The number of quaternary nitrogens is 1. The van der Waals surface area contributed by atoms with E-state index in [2.05, 4.69) is 43.3 Å². The van der Waals surface area contributed by atoms with Crippen molar-refractivity contribution in [2.24, 2.45) is 0 Å². The van der Waals surface area contributed by atoms with Crippen LogP contribution < -0.4 is 25.8 Å². The molecule has 0 unspecified atom stereocenters. The summed E-state index contributed by atoms with van der Waals surface area (Å²) in [5.74, 6) is 2.02. The fourth-order valence-electron chi connectivity index (χ4n) is 5.45. The summed E-state index contributed by atoms with van der Waals surface area (Å²) in [7, 11) is 3.27. The summed E-state index contributed by atoms with van der Waals surface area (Å²) < 4.78 is 12.7. The topological polar surface area (TPSA) is 82.0 Å². The van der Waals surface area contributed by atoms with Crippen LogP contribution in [0.5, 0.6) is 11.5 Å². The Morgan fingerprint density at radius 1 is 1.07 bits per heavy atom. The highest BCUT2D eigenvalue weighted by molar-refractivity contribution is 5.72. The van der Waals surface area contributed by atoms with Crippen molar-refractivity contribution in [1.29, 1.82) is 0 Å². The Balaban J connectivity index is 1.72. The highest BCUT2D eigenvalue weighted by atomic mass is 16.5. The molecule has 7 heteroatoms. The summed E-state index contributed by atoms with van der Waals surface area (Å²) in [6.45, 7) is 9.70. The highest BCUT2D eigenvalue weighted by Gasteiger charge is 2.41. The van der Waals surface area contributed by atoms with Crippen molar-refractivity contribution >= 4 is 5.82 Å². The molecule has 2 aromatic rings. The second kappa shape index (κ2) is 7.30. The minimum absolute atomic E-state index is 0.138. The number of aryl methyl sites for hydroxylation is 1. The zero-order valence-corrected chi connectivity index (χ0v) is 18.8. The van der Waals surface area contributed by atoms with Crippen LogP contribution in [0, 0.1) is 0 Å². The number of methoxy groups -OCH3 is 2. The van der Waals surface area contributed by atoms with E-state index in [9.17, 15) is 4.79 Å². The van der Waals surface area contributed by atoms with Gasteiger partial charge in [0.2, 0.25) is 0 Å². The van der Waals surface area contributed by atoms with Gasteiger partial charge in [0.15, 0.2) is 11.5 Å². The second-order valence-corrected chi connectivity index (χ2v) is 9.95. The number of nitrogens with zero attached hydrogens (tertiary/aromatic N) is 2. The molecule has 0 amide bonds. The van der Waals surface area contributed by atoms with Gasteiger partial charge in [0.25, 0.3) is 0 Å². The van der Waals surface area contributed by atoms with Crippen LogP contribution in [-0.4, -0.2) is 40.9 Å². The smallest absolute Gasteiger partial charge is 0.349 e. The maximum atomic E-state index is 12.8. The molecule has 3 N–H and O–H groups in total. The molecule has 2 aliphatic rings. The predicted molar refractivity (Wildman–Crippen MR) is 117 cm³/mol. The number of rotatable bonds is 4. The van der Waals surface area contributed by atoms with Crippen LogP contribution in [0.4, 0.5) is 5.82 Å². The van der Waals surface area contributed by atoms with Gasteiger partial charge in [-0.3, -0.25) is 4.57 Å². The van der Waals surface area contributed by atoms with Crippen molar-refractivity contribution in [1.82, 2.24) is 9.55 Å². The van der Waals surface area contributed by atoms with E-state index in [0.29, 0.717) is 23.9 Å². The molecular weight excluding hydrogens is 380 g/mol. The van der Waals surface area contributed by atoms with Gasteiger partial charge in [0.1, 0.15) is 5.82 Å². The number of hydrogen-bond donors (Lipinski definition) is 2. The van der Waals surface area contributed by atoms with Crippen molar-refractivity contribution < 1.29 is 14.8 Å². The zero-order chi connectivity index (χ0) is 21.7. The molecule has 0 spiro atoms. The van der Waals surface area contributed by atoms with Gasteiger partial charge in [-0.2, -0.15) is 4.98 Å². The first-order valence-electron chi connectivity index (χ1n) is 10.6. The van der Waals surface area contributed by atoms with E-state index in [4.69, 9.17) is 9.47 Å². The predicted octanol–water partition coefficient (Wildman–Crippen LogP) is 2.18. The Morgan fingerprint density at radius 2 is 1.70 bits per heavy atom. The molecule has 162 valence electrons. The van der Waals surface area contributed by atoms with Gasteiger partial charge in [-0.15, -0.1) is 0 Å². The molecule has 7 nitrogen and oxygen atoms in total. The first kappa shape index (κ1) is 20.7. The Hall–Kier alpha value is -2.54. The van der Waals surface area contributed by atoms with Gasteiger partial charge >= 0.3 is 5.69 Å². The van der Waals surface area contributed by atoms with Crippen LogP contribution in [0.3, 0.4) is 0 Å². The van der Waals surface area contributed by atoms with E-state index >= 15 is 0 Å². The second-order valence-electron chi connectivity index (χ2n) is 9.95. The largest absolute Gasteiger partial charge is 0.493 e. The molecule has 0 aliphatic carbocycles. The Bertz CT molecular complexity index is 1010. The number of fused-ring (bicyclic) bond motifs is 3. The number of nitrogens with two attached hydrogens (primary N) is 1. The first-order valence-corrected chi connectivity index (χ1v) is 10.6. The lowest BCUT2D eigenvalue weighted by Crippen LogP contribution is -3.06. The van der Waals surface area contributed by atoms with Gasteiger partial charge in [0, 0.05) is 37.1 Å². The normalized spacial score (nSPS) is 19.5. The van der Waals surface area contributed by atoms with Crippen LogP contribution in [-0.2, 0) is 13.0 Å². The van der Waals surface area contributed by atoms with Crippen molar-refractivity contribution in [3.63, 3.8) is 0 Å². The lowest BCUT2D eigenvalue weighted by atomic mass is 9.79. The maximum absolute atomic E-state index is 12.8. The van der Waals surface area contributed by atoms with Gasteiger partial charge in [-0.1, -0.05) is 0 Å². The zero-order valence-electron chi connectivity index (χ0n) is 18.8. The fourth-order valence-corrected chi connectivity index (χ4v) is 5.45. The quantitative estimate of drug-likeness (QED) is 0.803. The van der Waals surface area contributed by atoms with Gasteiger partial charge in [-0.05, 0) is 51.8 Å². The van der Waals surface area contributed by atoms with E-state index in [-0.39, 0.29) is 22.8 Å². The minimum atomic E-state index is -0.212.